The quantitative estimate of drug-likeness (QED) is 0.821. The molecule has 110 valence electrons. The third-order valence-electron chi connectivity index (χ3n) is 3.52. The molecule has 0 spiro atoms. The van der Waals surface area contributed by atoms with Gasteiger partial charge in [-0.3, -0.25) is 4.90 Å². The summed E-state index contributed by atoms with van der Waals surface area (Å²) < 4.78 is 0. The average Bonchev–Trinajstić information content (AvgIpc) is 2.82. The summed E-state index contributed by atoms with van der Waals surface area (Å²) in [6.45, 7) is 5.35. The van der Waals surface area contributed by atoms with Gasteiger partial charge in [0.1, 0.15) is 0 Å². The number of nitrogens with zero attached hydrogens (tertiary/aromatic N) is 1. The van der Waals surface area contributed by atoms with Gasteiger partial charge >= 0.3 is 0 Å². The van der Waals surface area contributed by atoms with Crippen LogP contribution in [0.4, 0.5) is 5.69 Å². The van der Waals surface area contributed by atoms with Crippen molar-refractivity contribution in [3.8, 4) is 0 Å². The van der Waals surface area contributed by atoms with E-state index in [0.717, 1.165) is 18.8 Å². The fourth-order valence-corrected chi connectivity index (χ4v) is 3.28. The van der Waals surface area contributed by atoms with E-state index < -0.39 is 0 Å². The van der Waals surface area contributed by atoms with Crippen molar-refractivity contribution in [3.05, 3.63) is 28.2 Å². The van der Waals surface area contributed by atoms with Crippen molar-refractivity contribution in [2.24, 2.45) is 0 Å². The Bertz CT molecular complexity index is 461. The molecule has 0 bridgehead atoms. The molecule has 1 aliphatic rings. The second kappa shape index (κ2) is 7.46. The number of halogens is 2. The van der Waals surface area contributed by atoms with Crippen molar-refractivity contribution in [2.75, 3.05) is 25.0 Å². The maximum atomic E-state index is 5.96. The molecule has 3 nitrogen and oxygen atoms in total. The number of hydrogen-bond acceptors (Lipinski definition) is 2. The number of rotatable bonds is 4. The molecule has 1 saturated heterocycles. The van der Waals surface area contributed by atoms with E-state index in [2.05, 4.69) is 22.5 Å². The van der Waals surface area contributed by atoms with Gasteiger partial charge in [0.15, 0.2) is 5.11 Å². The predicted molar refractivity (Wildman–Crippen MR) is 91.0 cm³/mol. The van der Waals surface area contributed by atoms with E-state index in [4.69, 9.17) is 35.4 Å². The van der Waals surface area contributed by atoms with Crippen molar-refractivity contribution in [1.29, 1.82) is 0 Å². The molecule has 20 heavy (non-hydrogen) atoms. The van der Waals surface area contributed by atoms with Gasteiger partial charge in [0.25, 0.3) is 0 Å². The van der Waals surface area contributed by atoms with Gasteiger partial charge in [-0.25, -0.2) is 0 Å². The molecule has 1 fully saturated rings. The van der Waals surface area contributed by atoms with Crippen LogP contribution in [-0.4, -0.2) is 35.7 Å². The molecular weight excluding hydrogens is 313 g/mol. The second-order valence-electron chi connectivity index (χ2n) is 4.92. The minimum atomic E-state index is 0.572. The minimum Gasteiger partial charge on any atom is -0.361 e. The molecule has 1 atom stereocenters. The first-order chi connectivity index (χ1) is 9.58. The molecule has 0 aliphatic carbocycles. The lowest BCUT2D eigenvalue weighted by Crippen LogP contribution is -2.41. The van der Waals surface area contributed by atoms with Crippen molar-refractivity contribution < 1.29 is 0 Å². The highest BCUT2D eigenvalue weighted by Crippen LogP contribution is 2.22. The summed E-state index contributed by atoms with van der Waals surface area (Å²) in [5.41, 5.74) is 0.804. The zero-order chi connectivity index (χ0) is 14.5. The number of nitrogens with one attached hydrogen (secondary N) is 2. The van der Waals surface area contributed by atoms with E-state index in [1.807, 2.05) is 0 Å². The smallest absolute Gasteiger partial charge is 0.170 e. The van der Waals surface area contributed by atoms with Gasteiger partial charge in [0.05, 0.1) is 0 Å². The topological polar surface area (TPSA) is 27.3 Å². The van der Waals surface area contributed by atoms with Gasteiger partial charge in [-0.05, 0) is 56.3 Å². The van der Waals surface area contributed by atoms with E-state index in [9.17, 15) is 0 Å². The highest BCUT2D eigenvalue weighted by atomic mass is 35.5. The van der Waals surface area contributed by atoms with Crippen molar-refractivity contribution in [3.63, 3.8) is 0 Å². The molecule has 6 heteroatoms. The highest BCUT2D eigenvalue weighted by Gasteiger charge is 2.22. The zero-order valence-electron chi connectivity index (χ0n) is 11.5. The first-order valence-corrected chi connectivity index (χ1v) is 8.00. The lowest BCUT2D eigenvalue weighted by Gasteiger charge is -2.23. The Kier molecular flexibility index (Phi) is 5.90. The third kappa shape index (κ3) is 4.48. The Morgan fingerprint density at radius 1 is 1.35 bits per heavy atom. The predicted octanol–water partition coefficient (Wildman–Crippen LogP) is 3.76. The van der Waals surface area contributed by atoms with Crippen molar-refractivity contribution >= 4 is 46.2 Å². The first-order valence-electron chi connectivity index (χ1n) is 6.83. The number of likely N-dealkylation sites (tertiary alicyclic amines) is 1. The first kappa shape index (κ1) is 15.8. The summed E-state index contributed by atoms with van der Waals surface area (Å²) in [6.07, 6.45) is 2.50. The van der Waals surface area contributed by atoms with Gasteiger partial charge in [-0.2, -0.15) is 0 Å². The lowest BCUT2D eigenvalue weighted by molar-refractivity contribution is 0.267. The van der Waals surface area contributed by atoms with Crippen LogP contribution in [0.3, 0.4) is 0 Å². The monoisotopic (exact) mass is 331 g/mol. The molecule has 1 aromatic rings. The number of hydrogen-bond donors (Lipinski definition) is 2. The standard InChI is InChI=1S/C14H19Cl2N3S/c1-2-19-5-3-4-13(19)9-17-14(20)18-12-7-10(15)6-11(16)8-12/h6-8,13H,2-5,9H2,1H3,(H2,17,18,20). The van der Waals surface area contributed by atoms with Gasteiger partial charge < -0.3 is 10.6 Å². The van der Waals surface area contributed by atoms with Crippen LogP contribution in [0.25, 0.3) is 0 Å². The fourth-order valence-electron chi connectivity index (χ4n) is 2.55. The molecular formula is C14H19Cl2N3S. The van der Waals surface area contributed by atoms with Crippen LogP contribution in [0, 0.1) is 0 Å². The Hall–Kier alpha value is -0.550. The Balaban J connectivity index is 1.83. The van der Waals surface area contributed by atoms with Gasteiger partial charge in [0, 0.05) is 28.3 Å². The van der Waals surface area contributed by atoms with E-state index >= 15 is 0 Å². The van der Waals surface area contributed by atoms with E-state index in [1.165, 1.54) is 19.4 Å². The molecule has 0 amide bonds. The minimum absolute atomic E-state index is 0.572. The summed E-state index contributed by atoms with van der Waals surface area (Å²) in [5.74, 6) is 0. The summed E-state index contributed by atoms with van der Waals surface area (Å²) in [4.78, 5) is 2.48. The van der Waals surface area contributed by atoms with E-state index in [1.54, 1.807) is 18.2 Å². The Morgan fingerprint density at radius 3 is 2.70 bits per heavy atom. The largest absolute Gasteiger partial charge is 0.361 e. The Morgan fingerprint density at radius 2 is 2.05 bits per heavy atom. The van der Waals surface area contributed by atoms with Crippen LogP contribution in [0.1, 0.15) is 19.8 Å². The molecule has 1 heterocycles. The van der Waals surface area contributed by atoms with E-state index in [0.29, 0.717) is 21.2 Å². The van der Waals surface area contributed by atoms with Crippen LogP contribution in [0.15, 0.2) is 18.2 Å². The van der Waals surface area contributed by atoms with E-state index in [-0.39, 0.29) is 0 Å². The number of anilines is 1. The lowest BCUT2D eigenvalue weighted by atomic mass is 10.2. The van der Waals surface area contributed by atoms with Crippen LogP contribution in [0.2, 0.25) is 10.0 Å². The summed E-state index contributed by atoms with van der Waals surface area (Å²) in [6, 6.07) is 5.87. The summed E-state index contributed by atoms with van der Waals surface area (Å²) in [5, 5.41) is 8.17. The van der Waals surface area contributed by atoms with Crippen LogP contribution in [-0.2, 0) is 0 Å². The van der Waals surface area contributed by atoms with Crippen LogP contribution >= 0.6 is 35.4 Å². The molecule has 1 aliphatic heterocycles. The normalized spacial score (nSPS) is 19.1. The molecule has 1 unspecified atom stereocenters. The van der Waals surface area contributed by atoms with Gasteiger partial charge in [0.2, 0.25) is 0 Å². The molecule has 0 saturated carbocycles. The second-order valence-corrected chi connectivity index (χ2v) is 6.20. The van der Waals surface area contributed by atoms with Crippen molar-refractivity contribution in [2.45, 2.75) is 25.8 Å². The number of benzene rings is 1. The van der Waals surface area contributed by atoms with Crippen molar-refractivity contribution in [1.82, 2.24) is 10.2 Å². The zero-order valence-corrected chi connectivity index (χ0v) is 13.8. The Labute approximate surface area is 135 Å². The maximum Gasteiger partial charge on any atom is 0.170 e. The molecule has 2 rings (SSSR count). The third-order valence-corrected chi connectivity index (χ3v) is 4.21. The van der Waals surface area contributed by atoms with Gasteiger partial charge in [-0.15, -0.1) is 0 Å². The van der Waals surface area contributed by atoms with Gasteiger partial charge in [-0.1, -0.05) is 30.1 Å². The maximum absolute atomic E-state index is 5.96. The fraction of sp³-hybridized carbons (Fsp3) is 0.500. The molecule has 0 radical (unpaired) electrons. The summed E-state index contributed by atoms with van der Waals surface area (Å²) >= 11 is 17.2. The SMILES string of the molecule is CCN1CCCC1CNC(=S)Nc1cc(Cl)cc(Cl)c1. The number of thiocarbonyl (C=S) groups is 1. The molecule has 1 aromatic carbocycles. The number of likely N-dealkylation sites (N-methyl/N-ethyl adjacent to an activating group) is 1. The summed E-state index contributed by atoms with van der Waals surface area (Å²) in [7, 11) is 0. The molecule has 0 aromatic heterocycles. The van der Waals surface area contributed by atoms with Crippen LogP contribution in [0.5, 0.6) is 0 Å². The molecule has 2 N–H and O–H groups in total. The highest BCUT2D eigenvalue weighted by molar-refractivity contribution is 7.80. The average molecular weight is 332 g/mol. The van der Waals surface area contributed by atoms with Crippen LogP contribution < -0.4 is 10.6 Å².